The van der Waals surface area contributed by atoms with Gasteiger partial charge in [-0.15, -0.1) is 5.10 Å². The van der Waals surface area contributed by atoms with Gasteiger partial charge in [-0.1, -0.05) is 17.3 Å². The molecular formula is C22H26N6O3. The SMILES string of the molecule is O=C(Cn1nnc2ccccc2c1=O)N(CCCN1CCOCC1)Cc1ccncc1. The zero-order valence-corrected chi connectivity index (χ0v) is 17.4. The summed E-state index contributed by atoms with van der Waals surface area (Å²) < 4.78 is 6.54. The number of hydrogen-bond acceptors (Lipinski definition) is 7. The van der Waals surface area contributed by atoms with Gasteiger partial charge in [0.25, 0.3) is 5.56 Å². The number of benzene rings is 1. The van der Waals surface area contributed by atoms with Gasteiger partial charge in [-0.25, -0.2) is 4.68 Å². The van der Waals surface area contributed by atoms with Gasteiger partial charge in [0.05, 0.1) is 18.6 Å². The quantitative estimate of drug-likeness (QED) is 0.533. The minimum absolute atomic E-state index is 0.140. The molecule has 0 spiro atoms. The largest absolute Gasteiger partial charge is 0.379 e. The Morgan fingerprint density at radius 2 is 1.87 bits per heavy atom. The minimum Gasteiger partial charge on any atom is -0.379 e. The smallest absolute Gasteiger partial charge is 0.278 e. The summed E-state index contributed by atoms with van der Waals surface area (Å²) in [6.45, 7) is 5.15. The van der Waals surface area contributed by atoms with Crippen LogP contribution in [0.3, 0.4) is 0 Å². The van der Waals surface area contributed by atoms with Crippen molar-refractivity contribution < 1.29 is 9.53 Å². The second kappa shape index (κ2) is 10.2. The summed E-state index contributed by atoms with van der Waals surface area (Å²) in [6, 6.07) is 10.8. The molecule has 1 amide bonds. The Morgan fingerprint density at radius 1 is 1.10 bits per heavy atom. The van der Waals surface area contributed by atoms with E-state index < -0.39 is 0 Å². The maximum atomic E-state index is 13.1. The zero-order chi connectivity index (χ0) is 21.5. The first-order valence-corrected chi connectivity index (χ1v) is 10.5. The molecule has 0 atom stereocenters. The fourth-order valence-corrected chi connectivity index (χ4v) is 3.67. The molecule has 0 bridgehead atoms. The number of morpholine rings is 1. The van der Waals surface area contributed by atoms with E-state index in [0.29, 0.717) is 24.0 Å². The lowest BCUT2D eigenvalue weighted by Gasteiger charge is -2.28. The summed E-state index contributed by atoms with van der Waals surface area (Å²) in [6.07, 6.45) is 4.27. The molecule has 3 heterocycles. The number of amides is 1. The van der Waals surface area contributed by atoms with Crippen molar-refractivity contribution in [3.63, 3.8) is 0 Å². The van der Waals surface area contributed by atoms with Crippen molar-refractivity contribution in [1.82, 2.24) is 29.8 Å². The normalized spacial score (nSPS) is 14.6. The predicted molar refractivity (Wildman–Crippen MR) is 115 cm³/mol. The van der Waals surface area contributed by atoms with Crippen LogP contribution >= 0.6 is 0 Å². The van der Waals surface area contributed by atoms with Crippen LogP contribution in [0.25, 0.3) is 10.9 Å². The Balaban J connectivity index is 1.46. The first kappa shape index (κ1) is 21.1. The van der Waals surface area contributed by atoms with Gasteiger partial charge in [-0.2, -0.15) is 0 Å². The molecule has 2 aromatic heterocycles. The molecule has 9 nitrogen and oxygen atoms in total. The standard InChI is InChI=1S/C22H26N6O3/c29-21(17-28-22(30)19-4-1-2-5-20(19)24-25-28)27(16-18-6-8-23-9-7-18)11-3-10-26-12-14-31-15-13-26/h1-2,4-9H,3,10-17H2. The number of carbonyl (C=O) groups is 1. The molecule has 3 aromatic rings. The van der Waals surface area contributed by atoms with Crippen LogP contribution in [0.15, 0.2) is 53.6 Å². The Labute approximate surface area is 180 Å². The van der Waals surface area contributed by atoms with E-state index in [9.17, 15) is 9.59 Å². The number of rotatable bonds is 8. The van der Waals surface area contributed by atoms with E-state index in [1.54, 1.807) is 41.6 Å². The summed E-state index contributed by atoms with van der Waals surface area (Å²) >= 11 is 0. The van der Waals surface area contributed by atoms with Gasteiger partial charge >= 0.3 is 0 Å². The Kier molecular flexibility index (Phi) is 6.96. The fourth-order valence-electron chi connectivity index (χ4n) is 3.67. The van der Waals surface area contributed by atoms with Gasteiger partial charge in [0, 0.05) is 45.1 Å². The molecular weight excluding hydrogens is 396 g/mol. The highest BCUT2D eigenvalue weighted by atomic mass is 16.5. The molecule has 0 aliphatic carbocycles. The molecule has 1 fully saturated rings. The van der Waals surface area contributed by atoms with Crippen LogP contribution in [0, 0.1) is 0 Å². The Bertz CT molecular complexity index is 1070. The van der Waals surface area contributed by atoms with E-state index in [2.05, 4.69) is 20.2 Å². The number of ether oxygens (including phenoxy) is 1. The van der Waals surface area contributed by atoms with E-state index in [4.69, 9.17) is 4.74 Å². The summed E-state index contributed by atoms with van der Waals surface area (Å²) in [5.41, 5.74) is 1.21. The summed E-state index contributed by atoms with van der Waals surface area (Å²) in [7, 11) is 0. The van der Waals surface area contributed by atoms with E-state index in [-0.39, 0.29) is 18.0 Å². The van der Waals surface area contributed by atoms with Crippen LogP contribution < -0.4 is 5.56 Å². The topological polar surface area (TPSA) is 93.4 Å². The summed E-state index contributed by atoms with van der Waals surface area (Å²) in [5, 5.41) is 8.50. The zero-order valence-electron chi connectivity index (χ0n) is 17.4. The lowest BCUT2D eigenvalue weighted by Crippen LogP contribution is -2.40. The van der Waals surface area contributed by atoms with Crippen LogP contribution in [-0.2, 0) is 22.6 Å². The van der Waals surface area contributed by atoms with Crippen LogP contribution in [0.4, 0.5) is 0 Å². The van der Waals surface area contributed by atoms with E-state index in [0.717, 1.165) is 49.5 Å². The van der Waals surface area contributed by atoms with Crippen LogP contribution in [0.2, 0.25) is 0 Å². The number of pyridine rings is 1. The molecule has 1 saturated heterocycles. The van der Waals surface area contributed by atoms with Gasteiger partial charge in [0.1, 0.15) is 12.1 Å². The third-order valence-electron chi connectivity index (χ3n) is 5.40. The fraction of sp³-hybridized carbons (Fsp3) is 0.409. The van der Waals surface area contributed by atoms with Crippen LogP contribution in [0.1, 0.15) is 12.0 Å². The summed E-state index contributed by atoms with van der Waals surface area (Å²) in [5.74, 6) is -0.162. The molecule has 9 heteroatoms. The Morgan fingerprint density at radius 3 is 2.68 bits per heavy atom. The van der Waals surface area contributed by atoms with Gasteiger partial charge in [-0.3, -0.25) is 19.5 Å². The number of carbonyl (C=O) groups excluding carboxylic acids is 1. The molecule has 1 aliphatic heterocycles. The molecule has 162 valence electrons. The van der Waals surface area contributed by atoms with Crippen LogP contribution in [0.5, 0.6) is 0 Å². The lowest BCUT2D eigenvalue weighted by molar-refractivity contribution is -0.133. The van der Waals surface area contributed by atoms with Gasteiger partial charge in [0.2, 0.25) is 5.91 Å². The van der Waals surface area contributed by atoms with Crippen molar-refractivity contribution in [2.24, 2.45) is 0 Å². The highest BCUT2D eigenvalue weighted by Gasteiger charge is 2.18. The van der Waals surface area contributed by atoms with Crippen molar-refractivity contribution in [3.8, 4) is 0 Å². The monoisotopic (exact) mass is 422 g/mol. The molecule has 4 rings (SSSR count). The average Bonchev–Trinajstić information content (AvgIpc) is 2.82. The number of fused-ring (bicyclic) bond motifs is 1. The summed E-state index contributed by atoms with van der Waals surface area (Å²) in [4.78, 5) is 34.0. The number of aromatic nitrogens is 4. The highest BCUT2D eigenvalue weighted by molar-refractivity contribution is 5.78. The maximum Gasteiger partial charge on any atom is 0.278 e. The second-order valence-corrected chi connectivity index (χ2v) is 7.55. The molecule has 0 saturated carbocycles. The van der Waals surface area contributed by atoms with Crippen molar-refractivity contribution >= 4 is 16.8 Å². The van der Waals surface area contributed by atoms with Crippen molar-refractivity contribution in [3.05, 3.63) is 64.7 Å². The first-order valence-electron chi connectivity index (χ1n) is 10.5. The predicted octanol–water partition coefficient (Wildman–Crippen LogP) is 0.938. The second-order valence-electron chi connectivity index (χ2n) is 7.55. The molecule has 0 N–H and O–H groups in total. The lowest BCUT2D eigenvalue weighted by atomic mass is 10.2. The van der Waals surface area contributed by atoms with Crippen molar-refractivity contribution in [1.29, 1.82) is 0 Å². The third-order valence-corrected chi connectivity index (χ3v) is 5.40. The molecule has 0 unspecified atom stereocenters. The Hall–Kier alpha value is -3.17. The van der Waals surface area contributed by atoms with Gasteiger partial charge in [-0.05, 0) is 36.2 Å². The highest BCUT2D eigenvalue weighted by Crippen LogP contribution is 2.08. The van der Waals surface area contributed by atoms with Crippen molar-refractivity contribution in [2.45, 2.75) is 19.5 Å². The van der Waals surface area contributed by atoms with E-state index in [1.165, 1.54) is 0 Å². The van der Waals surface area contributed by atoms with Crippen LogP contribution in [-0.4, -0.2) is 75.1 Å². The maximum absolute atomic E-state index is 13.1. The molecule has 31 heavy (non-hydrogen) atoms. The van der Waals surface area contributed by atoms with Gasteiger partial charge < -0.3 is 9.64 Å². The van der Waals surface area contributed by atoms with Gasteiger partial charge in [0.15, 0.2) is 0 Å². The third kappa shape index (κ3) is 5.50. The molecule has 1 aliphatic rings. The average molecular weight is 422 g/mol. The molecule has 0 radical (unpaired) electrons. The number of hydrogen-bond donors (Lipinski definition) is 0. The minimum atomic E-state index is -0.309. The van der Waals surface area contributed by atoms with Crippen molar-refractivity contribution in [2.75, 3.05) is 39.4 Å². The molecule has 1 aromatic carbocycles. The number of nitrogens with zero attached hydrogens (tertiary/aromatic N) is 6. The van der Waals surface area contributed by atoms with E-state index in [1.807, 2.05) is 12.1 Å². The van der Waals surface area contributed by atoms with E-state index >= 15 is 0 Å². The first-order chi connectivity index (χ1) is 15.2.